The van der Waals surface area contributed by atoms with Crippen LogP contribution in [0.4, 0.5) is 0 Å². The molecule has 1 aliphatic heterocycles. The molecule has 1 aliphatic carbocycles. The monoisotopic (exact) mass is 371 g/mol. The molecule has 1 spiro atoms. The standard InChI is InChI=1S/C17H26BrNOS/c1-2-19-16(14-10-15(18)21-12-14)13-6-9-20-17(11-13)7-4-3-5-8-17/h10,12-13,16,19H,2-9,11H2,1H3. The summed E-state index contributed by atoms with van der Waals surface area (Å²) in [5.41, 5.74) is 1.65. The molecule has 3 rings (SSSR count). The van der Waals surface area contributed by atoms with Gasteiger partial charge in [-0.3, -0.25) is 0 Å². The third-order valence-corrected chi connectivity index (χ3v) is 6.66. The molecule has 0 aromatic carbocycles. The van der Waals surface area contributed by atoms with Gasteiger partial charge in [0.1, 0.15) is 0 Å². The van der Waals surface area contributed by atoms with Crippen molar-refractivity contribution in [3.63, 3.8) is 0 Å². The first-order chi connectivity index (χ1) is 10.2. The lowest BCUT2D eigenvalue weighted by atomic mass is 9.73. The highest BCUT2D eigenvalue weighted by Gasteiger charge is 2.41. The number of rotatable bonds is 4. The van der Waals surface area contributed by atoms with Crippen molar-refractivity contribution < 1.29 is 4.74 Å². The summed E-state index contributed by atoms with van der Waals surface area (Å²) in [5.74, 6) is 0.707. The molecule has 2 aliphatic rings. The van der Waals surface area contributed by atoms with Gasteiger partial charge in [0, 0.05) is 12.6 Å². The Hall–Kier alpha value is 0.1000. The van der Waals surface area contributed by atoms with E-state index in [0.29, 0.717) is 12.0 Å². The lowest BCUT2D eigenvalue weighted by molar-refractivity contribution is -0.122. The van der Waals surface area contributed by atoms with Crippen molar-refractivity contribution in [2.75, 3.05) is 13.2 Å². The fourth-order valence-corrected chi connectivity index (χ4v) is 5.37. The Kier molecular flexibility index (Phi) is 5.41. The second kappa shape index (κ2) is 7.12. The summed E-state index contributed by atoms with van der Waals surface area (Å²) < 4.78 is 7.51. The Labute approximate surface area is 140 Å². The highest BCUT2D eigenvalue weighted by atomic mass is 79.9. The fraction of sp³-hybridized carbons (Fsp3) is 0.765. The van der Waals surface area contributed by atoms with E-state index in [1.165, 1.54) is 54.3 Å². The molecule has 1 N–H and O–H groups in total. The second-order valence-electron chi connectivity index (χ2n) is 6.56. The molecule has 2 nitrogen and oxygen atoms in total. The zero-order valence-corrected chi connectivity index (χ0v) is 15.3. The van der Waals surface area contributed by atoms with Gasteiger partial charge in [-0.1, -0.05) is 26.2 Å². The highest BCUT2D eigenvalue weighted by Crippen LogP contribution is 2.44. The topological polar surface area (TPSA) is 21.3 Å². The van der Waals surface area contributed by atoms with E-state index in [0.717, 1.165) is 13.2 Å². The fourth-order valence-electron chi connectivity index (χ4n) is 4.16. The van der Waals surface area contributed by atoms with Crippen LogP contribution in [0.25, 0.3) is 0 Å². The van der Waals surface area contributed by atoms with Crippen molar-refractivity contribution in [3.05, 3.63) is 20.8 Å². The van der Waals surface area contributed by atoms with Gasteiger partial charge in [0.25, 0.3) is 0 Å². The quantitative estimate of drug-likeness (QED) is 0.775. The molecule has 0 amide bonds. The molecule has 0 bridgehead atoms. The average molecular weight is 372 g/mol. The molecular weight excluding hydrogens is 346 g/mol. The van der Waals surface area contributed by atoms with E-state index >= 15 is 0 Å². The van der Waals surface area contributed by atoms with Crippen molar-refractivity contribution in [3.8, 4) is 0 Å². The van der Waals surface area contributed by atoms with Crippen LogP contribution < -0.4 is 5.32 Å². The molecule has 0 radical (unpaired) electrons. The van der Waals surface area contributed by atoms with Crippen LogP contribution in [-0.2, 0) is 4.74 Å². The van der Waals surface area contributed by atoms with Gasteiger partial charge in [-0.2, -0.15) is 0 Å². The molecular formula is C17H26BrNOS. The van der Waals surface area contributed by atoms with E-state index in [1.54, 1.807) is 11.3 Å². The molecule has 1 aromatic heterocycles. The summed E-state index contributed by atoms with van der Waals surface area (Å²) >= 11 is 5.41. The van der Waals surface area contributed by atoms with Crippen LogP contribution in [0, 0.1) is 5.92 Å². The molecule has 4 heteroatoms. The molecule has 2 heterocycles. The van der Waals surface area contributed by atoms with Crippen LogP contribution >= 0.6 is 27.3 Å². The number of halogens is 1. The number of hydrogen-bond donors (Lipinski definition) is 1. The summed E-state index contributed by atoms with van der Waals surface area (Å²) in [5, 5.41) is 6.04. The van der Waals surface area contributed by atoms with Crippen LogP contribution in [-0.4, -0.2) is 18.8 Å². The molecule has 1 aromatic rings. The summed E-state index contributed by atoms with van der Waals surface area (Å²) in [6.07, 6.45) is 9.06. The Bertz CT molecular complexity index is 450. The summed E-state index contributed by atoms with van der Waals surface area (Å²) in [4.78, 5) is 0. The first kappa shape index (κ1) is 16.0. The first-order valence-corrected chi connectivity index (χ1v) is 10.0. The molecule has 2 unspecified atom stereocenters. The molecule has 118 valence electrons. The highest BCUT2D eigenvalue weighted by molar-refractivity contribution is 9.11. The second-order valence-corrected chi connectivity index (χ2v) is 8.85. The summed E-state index contributed by atoms with van der Waals surface area (Å²) in [6.45, 7) is 4.18. The van der Waals surface area contributed by atoms with Gasteiger partial charge >= 0.3 is 0 Å². The van der Waals surface area contributed by atoms with Crippen LogP contribution in [0.1, 0.15) is 63.5 Å². The Morgan fingerprint density at radius 1 is 1.43 bits per heavy atom. The lowest BCUT2D eigenvalue weighted by Gasteiger charge is -2.45. The maximum Gasteiger partial charge on any atom is 0.0701 e. The van der Waals surface area contributed by atoms with Crippen molar-refractivity contribution >= 4 is 27.3 Å². The number of thiophene rings is 1. The minimum atomic E-state index is 0.197. The van der Waals surface area contributed by atoms with Gasteiger partial charge in [0.2, 0.25) is 0 Å². The lowest BCUT2D eigenvalue weighted by Crippen LogP contribution is -2.44. The summed E-state index contributed by atoms with van der Waals surface area (Å²) in [6, 6.07) is 2.78. The predicted molar refractivity (Wildman–Crippen MR) is 92.9 cm³/mol. The van der Waals surface area contributed by atoms with Crippen LogP contribution in [0.3, 0.4) is 0 Å². The third-order valence-electron chi connectivity index (χ3n) is 5.14. The maximum absolute atomic E-state index is 6.27. The van der Waals surface area contributed by atoms with Gasteiger partial charge < -0.3 is 10.1 Å². The number of ether oxygens (including phenoxy) is 1. The van der Waals surface area contributed by atoms with Crippen molar-refractivity contribution in [1.29, 1.82) is 0 Å². The van der Waals surface area contributed by atoms with Crippen molar-refractivity contribution in [2.24, 2.45) is 5.92 Å². The molecule has 2 atom stereocenters. The number of hydrogen-bond acceptors (Lipinski definition) is 3. The van der Waals surface area contributed by atoms with Gasteiger partial charge in [0.05, 0.1) is 9.39 Å². The SMILES string of the molecule is CCNC(c1csc(Br)c1)C1CCOC2(CCCCC2)C1. The predicted octanol–water partition coefficient (Wildman–Crippen LogP) is 5.29. The zero-order valence-electron chi connectivity index (χ0n) is 12.9. The van der Waals surface area contributed by atoms with Crippen LogP contribution in [0.2, 0.25) is 0 Å². The summed E-state index contributed by atoms with van der Waals surface area (Å²) in [7, 11) is 0. The Balaban J connectivity index is 1.75. The van der Waals surface area contributed by atoms with Gasteiger partial charge in [-0.05, 0) is 71.1 Å². The third kappa shape index (κ3) is 3.72. The smallest absolute Gasteiger partial charge is 0.0701 e. The minimum Gasteiger partial charge on any atom is -0.375 e. The zero-order chi connectivity index (χ0) is 14.7. The van der Waals surface area contributed by atoms with E-state index in [-0.39, 0.29) is 5.60 Å². The first-order valence-electron chi connectivity index (χ1n) is 8.34. The van der Waals surface area contributed by atoms with Crippen molar-refractivity contribution in [1.82, 2.24) is 5.32 Å². The van der Waals surface area contributed by atoms with Crippen LogP contribution in [0.5, 0.6) is 0 Å². The van der Waals surface area contributed by atoms with Gasteiger partial charge in [-0.25, -0.2) is 0 Å². The normalized spacial score (nSPS) is 26.9. The number of nitrogens with one attached hydrogen (secondary N) is 1. The largest absolute Gasteiger partial charge is 0.375 e. The van der Waals surface area contributed by atoms with E-state index < -0.39 is 0 Å². The van der Waals surface area contributed by atoms with E-state index in [2.05, 4.69) is 39.6 Å². The average Bonchev–Trinajstić information content (AvgIpc) is 2.92. The van der Waals surface area contributed by atoms with Crippen molar-refractivity contribution in [2.45, 2.75) is 63.5 Å². The van der Waals surface area contributed by atoms with E-state index in [9.17, 15) is 0 Å². The van der Waals surface area contributed by atoms with Crippen LogP contribution in [0.15, 0.2) is 15.2 Å². The van der Waals surface area contributed by atoms with E-state index in [4.69, 9.17) is 4.74 Å². The van der Waals surface area contributed by atoms with E-state index in [1.807, 2.05) is 0 Å². The van der Waals surface area contributed by atoms with Gasteiger partial charge in [0.15, 0.2) is 0 Å². The minimum absolute atomic E-state index is 0.197. The molecule has 21 heavy (non-hydrogen) atoms. The molecule has 2 fully saturated rings. The molecule has 1 saturated heterocycles. The van der Waals surface area contributed by atoms with Gasteiger partial charge in [-0.15, -0.1) is 11.3 Å². The molecule has 1 saturated carbocycles. The Morgan fingerprint density at radius 2 is 2.24 bits per heavy atom. The maximum atomic E-state index is 6.27. The Morgan fingerprint density at radius 3 is 2.90 bits per heavy atom.